The van der Waals surface area contributed by atoms with Crippen LogP contribution in [0.1, 0.15) is 17.3 Å². The second-order valence-corrected chi connectivity index (χ2v) is 6.90. The maximum absolute atomic E-state index is 13.1. The molecule has 2 aliphatic rings. The molecule has 0 saturated carbocycles. The molecule has 0 spiro atoms. The number of morpholine rings is 2. The maximum Gasteiger partial charge on any atom is 0.229 e. The third-order valence-electron chi connectivity index (χ3n) is 5.14. The van der Waals surface area contributed by atoms with Gasteiger partial charge in [-0.25, -0.2) is 0 Å². The normalized spacial score (nSPS) is 24.1. The summed E-state index contributed by atoms with van der Waals surface area (Å²) in [6.45, 7) is 5.16. The van der Waals surface area contributed by atoms with E-state index in [2.05, 4.69) is 20.1 Å². The van der Waals surface area contributed by atoms with E-state index >= 15 is 0 Å². The smallest absolute Gasteiger partial charge is 0.229 e. The summed E-state index contributed by atoms with van der Waals surface area (Å²) in [7, 11) is 0. The van der Waals surface area contributed by atoms with Crippen molar-refractivity contribution in [3.63, 3.8) is 0 Å². The second kappa shape index (κ2) is 8.60. The summed E-state index contributed by atoms with van der Waals surface area (Å²) in [6, 6.07) is 5.62. The molecule has 0 bridgehead atoms. The predicted octanol–water partition coefficient (Wildman–Crippen LogP) is 0.648. The summed E-state index contributed by atoms with van der Waals surface area (Å²) in [5, 5.41) is 6.82. The zero-order valence-corrected chi connectivity index (χ0v) is 15.3. The number of pyridine rings is 1. The molecule has 4 heterocycles. The Bertz CT molecular complexity index is 718. The standard InChI is InChI=1S/C19H25N5O3/c25-18(12-16-3-5-21-22-16)24-8-11-27-17(14-23-6-9-26-10-7-23)19(24)15-2-1-4-20-13-15/h1-5,13,17,19H,6-12,14H2,(H,21,22)/t17-,19-/m0/s1. The van der Waals surface area contributed by atoms with Gasteiger partial charge in [0.1, 0.15) is 0 Å². The summed E-state index contributed by atoms with van der Waals surface area (Å²) >= 11 is 0. The zero-order chi connectivity index (χ0) is 18.5. The van der Waals surface area contributed by atoms with Crippen LogP contribution < -0.4 is 0 Å². The van der Waals surface area contributed by atoms with Gasteiger partial charge in [0.05, 0.1) is 38.4 Å². The van der Waals surface area contributed by atoms with Gasteiger partial charge in [0.2, 0.25) is 5.91 Å². The van der Waals surface area contributed by atoms with E-state index < -0.39 is 0 Å². The van der Waals surface area contributed by atoms with Gasteiger partial charge in [-0.15, -0.1) is 0 Å². The van der Waals surface area contributed by atoms with Crippen molar-refractivity contribution in [3.05, 3.63) is 48.0 Å². The Balaban J connectivity index is 1.55. The topological polar surface area (TPSA) is 83.6 Å². The number of carbonyl (C=O) groups excluding carboxylic acids is 1. The number of hydrogen-bond acceptors (Lipinski definition) is 6. The Hall–Kier alpha value is -2.29. The number of carbonyl (C=O) groups is 1. The Kier molecular flexibility index (Phi) is 5.76. The van der Waals surface area contributed by atoms with Crippen LogP contribution >= 0.6 is 0 Å². The van der Waals surface area contributed by atoms with Crippen LogP contribution in [0.4, 0.5) is 0 Å². The maximum atomic E-state index is 13.1. The summed E-state index contributed by atoms with van der Waals surface area (Å²) < 4.78 is 11.6. The largest absolute Gasteiger partial charge is 0.379 e. The Labute approximate surface area is 158 Å². The summed E-state index contributed by atoms with van der Waals surface area (Å²) in [6.07, 6.45) is 5.47. The SMILES string of the molecule is O=C(Cc1ccn[nH]1)N1CCO[C@@H](CN2CCOCC2)[C@@H]1c1cccnc1. The molecule has 1 amide bonds. The molecule has 2 atom stereocenters. The number of aromatic amines is 1. The van der Waals surface area contributed by atoms with E-state index in [9.17, 15) is 4.79 Å². The highest BCUT2D eigenvalue weighted by Gasteiger charge is 2.37. The first kappa shape index (κ1) is 18.1. The molecule has 2 aromatic rings. The third kappa shape index (κ3) is 4.35. The fourth-order valence-corrected chi connectivity index (χ4v) is 3.80. The van der Waals surface area contributed by atoms with E-state index in [1.54, 1.807) is 12.4 Å². The zero-order valence-electron chi connectivity index (χ0n) is 15.3. The minimum absolute atomic E-state index is 0.0726. The van der Waals surface area contributed by atoms with E-state index in [0.29, 0.717) is 19.6 Å². The molecule has 2 saturated heterocycles. The average molecular weight is 371 g/mol. The van der Waals surface area contributed by atoms with Crippen molar-refractivity contribution in [2.45, 2.75) is 18.6 Å². The fraction of sp³-hybridized carbons (Fsp3) is 0.526. The van der Waals surface area contributed by atoms with Crippen molar-refractivity contribution < 1.29 is 14.3 Å². The van der Waals surface area contributed by atoms with Gasteiger partial charge in [-0.3, -0.25) is 19.8 Å². The number of hydrogen-bond donors (Lipinski definition) is 1. The molecule has 8 nitrogen and oxygen atoms in total. The van der Waals surface area contributed by atoms with Crippen LogP contribution in [0.25, 0.3) is 0 Å². The van der Waals surface area contributed by atoms with E-state index in [0.717, 1.165) is 44.1 Å². The van der Waals surface area contributed by atoms with Crippen molar-refractivity contribution >= 4 is 5.91 Å². The molecule has 4 rings (SSSR count). The van der Waals surface area contributed by atoms with E-state index in [1.165, 1.54) is 0 Å². The van der Waals surface area contributed by atoms with Crippen molar-refractivity contribution in [3.8, 4) is 0 Å². The number of ether oxygens (including phenoxy) is 2. The van der Waals surface area contributed by atoms with Gasteiger partial charge in [0.25, 0.3) is 0 Å². The first-order valence-corrected chi connectivity index (χ1v) is 9.40. The minimum atomic E-state index is -0.147. The highest BCUT2D eigenvalue weighted by atomic mass is 16.5. The van der Waals surface area contributed by atoms with Gasteiger partial charge in [-0.2, -0.15) is 5.10 Å². The fourth-order valence-electron chi connectivity index (χ4n) is 3.80. The third-order valence-corrected chi connectivity index (χ3v) is 5.14. The van der Waals surface area contributed by atoms with E-state index in [-0.39, 0.29) is 18.1 Å². The Morgan fingerprint density at radius 3 is 2.81 bits per heavy atom. The predicted molar refractivity (Wildman–Crippen MR) is 98.0 cm³/mol. The Morgan fingerprint density at radius 2 is 2.07 bits per heavy atom. The molecule has 2 aromatic heterocycles. The van der Waals surface area contributed by atoms with E-state index in [4.69, 9.17) is 9.47 Å². The molecule has 0 unspecified atom stereocenters. The number of amides is 1. The molecule has 0 aliphatic carbocycles. The first-order valence-electron chi connectivity index (χ1n) is 9.40. The molecule has 0 radical (unpaired) electrons. The van der Waals surface area contributed by atoms with Crippen LogP contribution in [0.3, 0.4) is 0 Å². The van der Waals surface area contributed by atoms with Gasteiger partial charge in [-0.05, 0) is 17.7 Å². The van der Waals surface area contributed by atoms with Gasteiger partial charge in [0, 0.05) is 50.5 Å². The van der Waals surface area contributed by atoms with Crippen molar-refractivity contribution in [2.24, 2.45) is 0 Å². The number of H-pyrrole nitrogens is 1. The molecule has 2 aliphatic heterocycles. The lowest BCUT2D eigenvalue weighted by atomic mass is 9.98. The Morgan fingerprint density at radius 1 is 1.19 bits per heavy atom. The first-order chi connectivity index (χ1) is 13.3. The minimum Gasteiger partial charge on any atom is -0.379 e. The van der Waals surface area contributed by atoms with Crippen molar-refractivity contribution in [1.82, 2.24) is 25.0 Å². The molecular formula is C19H25N5O3. The summed E-state index contributed by atoms with van der Waals surface area (Å²) in [5.74, 6) is 0.0726. The molecule has 0 aromatic carbocycles. The monoisotopic (exact) mass is 371 g/mol. The molecular weight excluding hydrogens is 346 g/mol. The van der Waals surface area contributed by atoms with Crippen LogP contribution in [-0.4, -0.2) is 83.0 Å². The van der Waals surface area contributed by atoms with Gasteiger partial charge < -0.3 is 14.4 Å². The van der Waals surface area contributed by atoms with Crippen molar-refractivity contribution in [2.75, 3.05) is 46.0 Å². The number of aromatic nitrogens is 3. The summed E-state index contributed by atoms with van der Waals surface area (Å²) in [5.41, 5.74) is 1.83. The van der Waals surface area contributed by atoms with Crippen LogP contribution in [0, 0.1) is 0 Å². The molecule has 2 fully saturated rings. The molecule has 27 heavy (non-hydrogen) atoms. The molecule has 1 N–H and O–H groups in total. The van der Waals surface area contributed by atoms with Gasteiger partial charge in [-0.1, -0.05) is 6.07 Å². The van der Waals surface area contributed by atoms with E-state index in [1.807, 2.05) is 29.3 Å². The number of nitrogens with zero attached hydrogens (tertiary/aromatic N) is 4. The average Bonchev–Trinajstić information content (AvgIpc) is 3.22. The molecule has 8 heteroatoms. The second-order valence-electron chi connectivity index (χ2n) is 6.90. The van der Waals surface area contributed by atoms with Gasteiger partial charge >= 0.3 is 0 Å². The highest BCUT2D eigenvalue weighted by molar-refractivity contribution is 5.79. The molecule has 144 valence electrons. The quantitative estimate of drug-likeness (QED) is 0.831. The summed E-state index contributed by atoms with van der Waals surface area (Å²) in [4.78, 5) is 21.6. The highest BCUT2D eigenvalue weighted by Crippen LogP contribution is 2.30. The van der Waals surface area contributed by atoms with Crippen LogP contribution in [0.2, 0.25) is 0 Å². The lowest BCUT2D eigenvalue weighted by Crippen LogP contribution is -2.53. The van der Waals surface area contributed by atoms with Crippen LogP contribution in [0.15, 0.2) is 36.8 Å². The number of nitrogens with one attached hydrogen (secondary N) is 1. The lowest BCUT2D eigenvalue weighted by molar-refractivity contribution is -0.148. The van der Waals surface area contributed by atoms with Crippen LogP contribution in [-0.2, 0) is 20.7 Å². The lowest BCUT2D eigenvalue weighted by Gasteiger charge is -2.43. The van der Waals surface area contributed by atoms with Gasteiger partial charge in [0.15, 0.2) is 0 Å². The number of rotatable bonds is 5. The van der Waals surface area contributed by atoms with Crippen molar-refractivity contribution in [1.29, 1.82) is 0 Å². The van der Waals surface area contributed by atoms with Crippen LogP contribution in [0.5, 0.6) is 0 Å².